The number of hydrogen-bond acceptors (Lipinski definition) is 5. The van der Waals surface area contributed by atoms with Crippen LogP contribution < -0.4 is 10.6 Å². The number of amides is 1. The highest BCUT2D eigenvalue weighted by Gasteiger charge is 2.34. The number of halogens is 3. The van der Waals surface area contributed by atoms with Gasteiger partial charge in [-0.25, -0.2) is 9.97 Å². The fraction of sp³-hybridized carbons (Fsp3) is 0.267. The van der Waals surface area contributed by atoms with Crippen molar-refractivity contribution < 1.29 is 13.6 Å². The number of fused-ring (bicyclic) bond motifs is 1. The van der Waals surface area contributed by atoms with E-state index in [1.807, 2.05) is 6.92 Å². The highest BCUT2D eigenvalue weighted by atomic mass is 79.9. The third-order valence-corrected chi connectivity index (χ3v) is 5.06. The number of carbonyl (C=O) groups excluding carboxylic acids is 1. The molecule has 1 aromatic heterocycles. The summed E-state index contributed by atoms with van der Waals surface area (Å²) in [6, 6.07) is 4.68. The zero-order valence-corrected chi connectivity index (χ0v) is 15.0. The van der Waals surface area contributed by atoms with Crippen LogP contribution in [0.3, 0.4) is 0 Å². The van der Waals surface area contributed by atoms with E-state index >= 15 is 0 Å². The van der Waals surface area contributed by atoms with Crippen molar-refractivity contribution in [3.05, 3.63) is 40.1 Å². The second-order valence-electron chi connectivity index (χ2n) is 5.28. The Balaban J connectivity index is 1.81. The standard InChI is InChI=1S/C15H13BrF2N4OS/c1-8-2-3-9(10(16)4-8)15(17,18)6-19-13-12-14(21-7-20-13)24-5-11(23)22-12/h2-4,7H,5-6H2,1H3,(H,22,23)(H,19,20,21). The van der Waals surface area contributed by atoms with E-state index in [-0.39, 0.29) is 23.0 Å². The Bertz CT molecular complexity index is 803. The first-order valence-electron chi connectivity index (χ1n) is 7.03. The molecule has 0 saturated heterocycles. The number of alkyl halides is 2. The molecule has 0 aliphatic carbocycles. The summed E-state index contributed by atoms with van der Waals surface area (Å²) >= 11 is 4.43. The summed E-state index contributed by atoms with van der Waals surface area (Å²) in [5.41, 5.74) is 1.12. The van der Waals surface area contributed by atoms with Crippen LogP contribution in [0.1, 0.15) is 11.1 Å². The van der Waals surface area contributed by atoms with Crippen molar-refractivity contribution in [3.63, 3.8) is 0 Å². The van der Waals surface area contributed by atoms with Crippen LogP contribution in [0.2, 0.25) is 0 Å². The molecule has 0 saturated carbocycles. The molecule has 0 unspecified atom stereocenters. The van der Waals surface area contributed by atoms with E-state index in [0.29, 0.717) is 15.2 Å². The van der Waals surface area contributed by atoms with Crippen LogP contribution in [0.25, 0.3) is 0 Å². The number of anilines is 2. The number of benzene rings is 1. The Morgan fingerprint density at radius 1 is 1.42 bits per heavy atom. The fourth-order valence-corrected chi connectivity index (χ4v) is 3.78. The molecule has 24 heavy (non-hydrogen) atoms. The van der Waals surface area contributed by atoms with Crippen molar-refractivity contribution in [2.45, 2.75) is 17.9 Å². The third-order valence-electron chi connectivity index (χ3n) is 3.41. The summed E-state index contributed by atoms with van der Waals surface area (Å²) in [6.45, 7) is 1.18. The van der Waals surface area contributed by atoms with Gasteiger partial charge in [-0.1, -0.05) is 39.8 Å². The van der Waals surface area contributed by atoms with Crippen molar-refractivity contribution in [2.24, 2.45) is 0 Å². The minimum atomic E-state index is -3.11. The van der Waals surface area contributed by atoms with Gasteiger partial charge in [0.1, 0.15) is 17.0 Å². The Morgan fingerprint density at radius 2 is 2.21 bits per heavy atom. The van der Waals surface area contributed by atoms with Crippen molar-refractivity contribution in [1.29, 1.82) is 0 Å². The summed E-state index contributed by atoms with van der Waals surface area (Å²) in [5, 5.41) is 5.81. The Morgan fingerprint density at radius 3 is 2.96 bits per heavy atom. The molecule has 0 spiro atoms. The zero-order valence-electron chi connectivity index (χ0n) is 12.6. The van der Waals surface area contributed by atoms with E-state index in [2.05, 4.69) is 36.5 Å². The smallest absolute Gasteiger partial charge is 0.291 e. The lowest BCUT2D eigenvalue weighted by molar-refractivity contribution is -0.113. The maximum atomic E-state index is 14.5. The Kier molecular flexibility index (Phi) is 4.73. The average molecular weight is 415 g/mol. The van der Waals surface area contributed by atoms with Gasteiger partial charge in [0.05, 0.1) is 12.3 Å². The molecule has 0 atom stereocenters. The normalized spacial score (nSPS) is 14.1. The second-order valence-corrected chi connectivity index (χ2v) is 7.10. The van der Waals surface area contributed by atoms with Gasteiger partial charge in [0.2, 0.25) is 5.91 Å². The van der Waals surface area contributed by atoms with Gasteiger partial charge in [-0.3, -0.25) is 4.79 Å². The van der Waals surface area contributed by atoms with Crippen LogP contribution in [0.15, 0.2) is 34.0 Å². The SMILES string of the molecule is Cc1ccc(C(F)(F)CNc2ncnc3c2NC(=O)CS3)c(Br)c1. The van der Waals surface area contributed by atoms with Gasteiger partial charge in [0.15, 0.2) is 5.82 Å². The van der Waals surface area contributed by atoms with Crippen LogP contribution in [-0.2, 0) is 10.7 Å². The number of aryl methyl sites for hydroxylation is 1. The van der Waals surface area contributed by atoms with E-state index in [1.54, 1.807) is 12.1 Å². The number of thioether (sulfide) groups is 1. The van der Waals surface area contributed by atoms with Crippen LogP contribution >= 0.6 is 27.7 Å². The van der Waals surface area contributed by atoms with Crippen molar-refractivity contribution >= 4 is 45.1 Å². The first kappa shape index (κ1) is 17.1. The van der Waals surface area contributed by atoms with Crippen LogP contribution in [0.4, 0.5) is 20.3 Å². The highest BCUT2D eigenvalue weighted by molar-refractivity contribution is 9.10. The minimum Gasteiger partial charge on any atom is -0.362 e. The number of carbonyl (C=O) groups is 1. The molecule has 5 nitrogen and oxygen atoms in total. The van der Waals surface area contributed by atoms with Gasteiger partial charge in [-0.05, 0) is 18.6 Å². The second kappa shape index (κ2) is 6.64. The van der Waals surface area contributed by atoms with Gasteiger partial charge in [0.25, 0.3) is 5.92 Å². The number of rotatable bonds is 4. The van der Waals surface area contributed by atoms with Crippen molar-refractivity contribution in [3.8, 4) is 0 Å². The lowest BCUT2D eigenvalue weighted by Gasteiger charge is -2.22. The molecule has 2 aromatic rings. The number of hydrogen-bond donors (Lipinski definition) is 2. The quantitative estimate of drug-likeness (QED) is 0.744. The monoisotopic (exact) mass is 414 g/mol. The van der Waals surface area contributed by atoms with Gasteiger partial charge in [-0.2, -0.15) is 8.78 Å². The molecule has 2 heterocycles. The maximum absolute atomic E-state index is 14.5. The minimum absolute atomic E-state index is 0.109. The summed E-state index contributed by atoms with van der Waals surface area (Å²) < 4.78 is 29.4. The molecular formula is C15H13BrF2N4OS. The topological polar surface area (TPSA) is 66.9 Å². The van der Waals surface area contributed by atoms with Gasteiger partial charge >= 0.3 is 0 Å². The molecule has 9 heteroatoms. The van der Waals surface area contributed by atoms with E-state index in [1.165, 1.54) is 24.2 Å². The molecular weight excluding hydrogens is 402 g/mol. The third kappa shape index (κ3) is 3.51. The Hall–Kier alpha value is -1.74. The summed E-state index contributed by atoms with van der Waals surface area (Å²) in [4.78, 5) is 19.5. The highest BCUT2D eigenvalue weighted by Crippen LogP contribution is 2.37. The molecule has 3 rings (SSSR count). The average Bonchev–Trinajstić information content (AvgIpc) is 2.52. The molecule has 126 valence electrons. The lowest BCUT2D eigenvalue weighted by Crippen LogP contribution is -2.27. The molecule has 2 N–H and O–H groups in total. The predicted molar refractivity (Wildman–Crippen MR) is 92.6 cm³/mol. The number of nitrogens with zero attached hydrogens (tertiary/aromatic N) is 2. The molecule has 1 aliphatic rings. The molecule has 0 fully saturated rings. The van der Waals surface area contributed by atoms with Crippen molar-refractivity contribution in [2.75, 3.05) is 22.9 Å². The van der Waals surface area contributed by atoms with Gasteiger partial charge in [-0.15, -0.1) is 0 Å². The predicted octanol–water partition coefficient (Wildman–Crippen LogP) is 3.80. The molecule has 0 bridgehead atoms. The van der Waals surface area contributed by atoms with Crippen LogP contribution in [0.5, 0.6) is 0 Å². The molecule has 1 amide bonds. The summed E-state index contributed by atoms with van der Waals surface area (Å²) in [5.74, 6) is -2.90. The van der Waals surface area contributed by atoms with Crippen molar-refractivity contribution in [1.82, 2.24) is 9.97 Å². The summed E-state index contributed by atoms with van der Waals surface area (Å²) in [6.07, 6.45) is 1.28. The lowest BCUT2D eigenvalue weighted by atomic mass is 10.1. The van der Waals surface area contributed by atoms with E-state index < -0.39 is 12.5 Å². The van der Waals surface area contributed by atoms with Gasteiger partial charge < -0.3 is 10.6 Å². The zero-order chi connectivity index (χ0) is 17.3. The largest absolute Gasteiger partial charge is 0.362 e. The fourth-order valence-electron chi connectivity index (χ4n) is 2.24. The number of nitrogens with one attached hydrogen (secondary N) is 2. The number of aromatic nitrogens is 2. The van der Waals surface area contributed by atoms with Crippen LogP contribution in [-0.4, -0.2) is 28.2 Å². The van der Waals surface area contributed by atoms with E-state index in [0.717, 1.165) is 5.56 Å². The Labute approximate surface area is 149 Å². The molecule has 0 radical (unpaired) electrons. The summed E-state index contributed by atoms with van der Waals surface area (Å²) in [7, 11) is 0. The first-order valence-corrected chi connectivity index (χ1v) is 8.80. The molecule has 1 aromatic carbocycles. The maximum Gasteiger partial charge on any atom is 0.291 e. The van der Waals surface area contributed by atoms with E-state index in [4.69, 9.17) is 0 Å². The molecule has 1 aliphatic heterocycles. The van der Waals surface area contributed by atoms with E-state index in [9.17, 15) is 13.6 Å². The first-order chi connectivity index (χ1) is 11.4. The van der Waals surface area contributed by atoms with Crippen LogP contribution in [0, 0.1) is 6.92 Å². The van der Waals surface area contributed by atoms with Gasteiger partial charge in [0, 0.05) is 10.0 Å².